The van der Waals surface area contributed by atoms with Crippen LogP contribution in [0.4, 0.5) is 0 Å². The molecule has 1 fully saturated rings. The minimum Gasteiger partial charge on any atom is -0.463 e. The number of hydrogen-bond acceptors (Lipinski definition) is 4. The zero-order valence-electron chi connectivity index (χ0n) is 12.1. The molecule has 4 nitrogen and oxygen atoms in total. The molecule has 0 aromatic rings. The molecule has 0 radical (unpaired) electrons. The molecule has 0 amide bonds. The third kappa shape index (κ3) is 8.45. The van der Waals surface area contributed by atoms with E-state index in [0.717, 1.165) is 19.4 Å². The van der Waals surface area contributed by atoms with Crippen molar-refractivity contribution in [3.05, 3.63) is 0 Å². The standard InChI is InChI=1S/C14H25ClO4/c1-4-13(19-11(3)16)6-12(15)5-10(2)7-17-8-14-9-18-14/h10,12-14H,4-9H2,1-3H3. The summed E-state index contributed by atoms with van der Waals surface area (Å²) in [7, 11) is 0. The molecule has 19 heavy (non-hydrogen) atoms. The fourth-order valence-corrected chi connectivity index (χ4v) is 2.49. The van der Waals surface area contributed by atoms with Gasteiger partial charge in [-0.25, -0.2) is 0 Å². The highest BCUT2D eigenvalue weighted by molar-refractivity contribution is 6.20. The van der Waals surface area contributed by atoms with Gasteiger partial charge in [0.25, 0.3) is 0 Å². The first-order chi connectivity index (χ1) is 9.01. The minimum absolute atomic E-state index is 0.0140. The summed E-state index contributed by atoms with van der Waals surface area (Å²) < 4.78 is 15.8. The number of carbonyl (C=O) groups is 1. The lowest BCUT2D eigenvalue weighted by atomic mass is 10.0. The summed E-state index contributed by atoms with van der Waals surface area (Å²) in [5.41, 5.74) is 0. The van der Waals surface area contributed by atoms with Gasteiger partial charge < -0.3 is 14.2 Å². The van der Waals surface area contributed by atoms with Crippen molar-refractivity contribution >= 4 is 17.6 Å². The summed E-state index contributed by atoms with van der Waals surface area (Å²) in [4.78, 5) is 10.9. The Balaban J connectivity index is 2.12. The first kappa shape index (κ1) is 16.7. The molecular formula is C14H25ClO4. The largest absolute Gasteiger partial charge is 0.463 e. The normalized spacial score (nSPS) is 22.6. The topological polar surface area (TPSA) is 48.1 Å². The van der Waals surface area contributed by atoms with Crippen molar-refractivity contribution < 1.29 is 19.0 Å². The Morgan fingerprint density at radius 1 is 1.47 bits per heavy atom. The second kappa shape index (κ2) is 8.77. The molecule has 0 aromatic carbocycles. The van der Waals surface area contributed by atoms with Gasteiger partial charge in [0, 0.05) is 25.3 Å². The molecule has 4 atom stereocenters. The van der Waals surface area contributed by atoms with Crippen molar-refractivity contribution in [3.63, 3.8) is 0 Å². The van der Waals surface area contributed by atoms with Crippen LogP contribution >= 0.6 is 11.6 Å². The Bertz CT molecular complexity index is 268. The first-order valence-corrected chi connectivity index (χ1v) is 7.45. The van der Waals surface area contributed by atoms with Crippen molar-refractivity contribution in [1.29, 1.82) is 0 Å². The second-order valence-corrected chi connectivity index (χ2v) is 5.92. The number of alkyl halides is 1. The summed E-state index contributed by atoms with van der Waals surface area (Å²) >= 11 is 6.31. The van der Waals surface area contributed by atoms with Gasteiger partial charge in [-0.05, 0) is 18.8 Å². The van der Waals surface area contributed by atoms with E-state index in [2.05, 4.69) is 6.92 Å². The summed E-state index contributed by atoms with van der Waals surface area (Å²) in [6.45, 7) is 7.76. The Morgan fingerprint density at radius 3 is 2.68 bits per heavy atom. The van der Waals surface area contributed by atoms with Crippen LogP contribution in [0.1, 0.15) is 40.0 Å². The number of ether oxygens (including phenoxy) is 3. The van der Waals surface area contributed by atoms with E-state index in [4.69, 9.17) is 25.8 Å². The van der Waals surface area contributed by atoms with Gasteiger partial charge in [0.15, 0.2) is 0 Å². The summed E-state index contributed by atoms with van der Waals surface area (Å²) in [6, 6.07) is 0. The zero-order valence-corrected chi connectivity index (χ0v) is 12.8. The van der Waals surface area contributed by atoms with E-state index < -0.39 is 0 Å². The van der Waals surface area contributed by atoms with Crippen molar-refractivity contribution in [2.45, 2.75) is 57.6 Å². The molecular weight excluding hydrogens is 268 g/mol. The van der Waals surface area contributed by atoms with Crippen molar-refractivity contribution in [3.8, 4) is 0 Å². The maximum Gasteiger partial charge on any atom is 0.302 e. The van der Waals surface area contributed by atoms with E-state index in [-0.39, 0.29) is 17.5 Å². The summed E-state index contributed by atoms with van der Waals surface area (Å²) in [5, 5.41) is 0.0140. The molecule has 1 saturated heterocycles. The van der Waals surface area contributed by atoms with Gasteiger partial charge in [-0.2, -0.15) is 0 Å². The quantitative estimate of drug-likeness (QED) is 0.353. The predicted molar refractivity (Wildman–Crippen MR) is 74.4 cm³/mol. The fourth-order valence-electron chi connectivity index (χ4n) is 1.98. The Labute approximate surface area is 120 Å². The lowest BCUT2D eigenvalue weighted by Gasteiger charge is -2.20. The molecule has 0 saturated carbocycles. The van der Waals surface area contributed by atoms with Gasteiger partial charge in [0.05, 0.1) is 13.2 Å². The molecule has 112 valence electrons. The molecule has 0 N–H and O–H groups in total. The molecule has 0 spiro atoms. The third-order valence-corrected chi connectivity index (χ3v) is 3.43. The van der Waals surface area contributed by atoms with Crippen LogP contribution in [0, 0.1) is 5.92 Å². The number of hydrogen-bond donors (Lipinski definition) is 0. The maximum absolute atomic E-state index is 10.9. The van der Waals surface area contributed by atoms with Gasteiger partial charge in [0.1, 0.15) is 12.2 Å². The smallest absolute Gasteiger partial charge is 0.302 e. The second-order valence-electron chi connectivity index (χ2n) is 5.31. The molecule has 1 rings (SSSR count). The number of epoxide rings is 1. The summed E-state index contributed by atoms with van der Waals surface area (Å²) in [6.07, 6.45) is 2.60. The molecule has 5 heteroatoms. The Morgan fingerprint density at radius 2 is 2.16 bits per heavy atom. The van der Waals surface area contributed by atoms with E-state index >= 15 is 0 Å². The predicted octanol–water partition coefficient (Wildman–Crippen LogP) is 2.77. The average molecular weight is 293 g/mol. The van der Waals surface area contributed by atoms with Crippen molar-refractivity contribution in [2.24, 2.45) is 5.92 Å². The molecule has 0 bridgehead atoms. The van der Waals surface area contributed by atoms with Crippen LogP contribution in [0.2, 0.25) is 0 Å². The lowest BCUT2D eigenvalue weighted by Crippen LogP contribution is -2.22. The van der Waals surface area contributed by atoms with Crippen LogP contribution in [0.15, 0.2) is 0 Å². The van der Waals surface area contributed by atoms with Crippen LogP contribution in [-0.2, 0) is 19.0 Å². The van der Waals surface area contributed by atoms with E-state index in [9.17, 15) is 4.79 Å². The molecule has 1 heterocycles. The van der Waals surface area contributed by atoms with Gasteiger partial charge in [0.2, 0.25) is 0 Å². The van der Waals surface area contributed by atoms with Crippen LogP contribution in [0.3, 0.4) is 0 Å². The average Bonchev–Trinajstić information content (AvgIpc) is 3.11. The zero-order chi connectivity index (χ0) is 14.3. The first-order valence-electron chi connectivity index (χ1n) is 7.01. The van der Waals surface area contributed by atoms with Crippen LogP contribution in [0.5, 0.6) is 0 Å². The number of halogens is 1. The number of carbonyl (C=O) groups excluding carboxylic acids is 1. The van der Waals surface area contributed by atoms with Crippen LogP contribution < -0.4 is 0 Å². The lowest BCUT2D eigenvalue weighted by molar-refractivity contribution is -0.146. The molecule has 0 aromatic heterocycles. The SMILES string of the molecule is CCC(CC(Cl)CC(C)COCC1CO1)OC(C)=O. The van der Waals surface area contributed by atoms with Gasteiger partial charge >= 0.3 is 5.97 Å². The Kier molecular flexibility index (Phi) is 7.73. The minimum atomic E-state index is -0.239. The highest BCUT2D eigenvalue weighted by atomic mass is 35.5. The van der Waals surface area contributed by atoms with Gasteiger partial charge in [-0.15, -0.1) is 11.6 Å². The number of rotatable bonds is 10. The van der Waals surface area contributed by atoms with Crippen LogP contribution in [0.25, 0.3) is 0 Å². The molecule has 0 aliphatic carbocycles. The highest BCUT2D eigenvalue weighted by Crippen LogP contribution is 2.20. The molecule has 1 aliphatic heterocycles. The monoisotopic (exact) mass is 292 g/mol. The van der Waals surface area contributed by atoms with Crippen molar-refractivity contribution in [1.82, 2.24) is 0 Å². The molecule has 4 unspecified atom stereocenters. The molecule has 1 aliphatic rings. The Hall–Kier alpha value is -0.320. The van der Waals surface area contributed by atoms with E-state index in [1.54, 1.807) is 0 Å². The fraction of sp³-hybridized carbons (Fsp3) is 0.929. The maximum atomic E-state index is 10.9. The van der Waals surface area contributed by atoms with E-state index in [1.165, 1.54) is 6.92 Å². The van der Waals surface area contributed by atoms with Gasteiger partial charge in [-0.3, -0.25) is 4.79 Å². The number of esters is 1. The van der Waals surface area contributed by atoms with E-state index in [1.807, 2.05) is 6.92 Å². The van der Waals surface area contributed by atoms with E-state index in [0.29, 0.717) is 31.7 Å². The third-order valence-electron chi connectivity index (χ3n) is 3.07. The highest BCUT2D eigenvalue weighted by Gasteiger charge is 2.23. The summed E-state index contributed by atoms with van der Waals surface area (Å²) in [5.74, 6) is 0.160. The van der Waals surface area contributed by atoms with Gasteiger partial charge in [-0.1, -0.05) is 13.8 Å². The van der Waals surface area contributed by atoms with Crippen LogP contribution in [-0.4, -0.2) is 43.4 Å². The van der Waals surface area contributed by atoms with Crippen molar-refractivity contribution in [2.75, 3.05) is 19.8 Å².